The maximum Gasteiger partial charge on any atom is 0.250 e. The number of rotatable bonds is 6. The fraction of sp³-hybridized carbons (Fsp3) is 0.267. The monoisotopic (exact) mass is 368 g/mol. The number of hydrogen-bond donors (Lipinski definition) is 2. The Morgan fingerprint density at radius 3 is 2.52 bits per heavy atom. The van der Waals surface area contributed by atoms with Gasteiger partial charge < -0.3 is 15.4 Å². The molecule has 6 heteroatoms. The number of carbonyl (C=O) groups is 1. The van der Waals surface area contributed by atoms with Gasteiger partial charge in [0.2, 0.25) is 5.91 Å². The number of benzene rings is 1. The maximum absolute atomic E-state index is 11.4. The molecule has 21 heavy (non-hydrogen) atoms. The first-order valence-corrected chi connectivity index (χ1v) is 8.15. The van der Waals surface area contributed by atoms with Crippen LogP contribution in [-0.4, -0.2) is 19.6 Å². The number of halogens is 1. The fourth-order valence-electron chi connectivity index (χ4n) is 1.91. The summed E-state index contributed by atoms with van der Waals surface area (Å²) in [5.41, 5.74) is 1.76. The molecule has 1 amide bonds. The molecule has 1 atom stereocenters. The van der Waals surface area contributed by atoms with Gasteiger partial charge in [0.25, 0.3) is 0 Å². The summed E-state index contributed by atoms with van der Waals surface area (Å²) in [7, 11) is 1.50. The molecule has 4 nitrogen and oxygen atoms in total. The second-order valence-corrected chi connectivity index (χ2v) is 6.36. The third-order valence-corrected chi connectivity index (χ3v) is 4.92. The van der Waals surface area contributed by atoms with Crippen LogP contribution in [0.15, 0.2) is 40.2 Å². The lowest BCUT2D eigenvalue weighted by Crippen LogP contribution is -2.17. The second-order valence-electron chi connectivity index (χ2n) is 4.56. The van der Waals surface area contributed by atoms with Crippen LogP contribution in [0.4, 0.5) is 11.4 Å². The second kappa shape index (κ2) is 7.59. The molecule has 2 N–H and O–H groups in total. The van der Waals surface area contributed by atoms with Crippen LogP contribution in [0.5, 0.6) is 0 Å². The molecule has 0 radical (unpaired) electrons. The van der Waals surface area contributed by atoms with Gasteiger partial charge in [-0.15, -0.1) is 11.3 Å². The van der Waals surface area contributed by atoms with Crippen LogP contribution in [-0.2, 0) is 9.53 Å². The standard InChI is InChI=1S/C15H17BrN2O2S/c1-10(15-13(16)7-8-21-15)17-11-3-5-12(6-4-11)18-14(19)9-20-2/h3-8,10,17H,9H2,1-2H3,(H,18,19). The van der Waals surface area contributed by atoms with Gasteiger partial charge >= 0.3 is 0 Å². The topological polar surface area (TPSA) is 50.4 Å². The zero-order valence-corrected chi connectivity index (χ0v) is 14.3. The Balaban J connectivity index is 1.96. The number of ether oxygens (including phenoxy) is 1. The fourth-order valence-corrected chi connectivity index (χ4v) is 3.63. The molecule has 2 rings (SSSR count). The first kappa shape index (κ1) is 16.0. The summed E-state index contributed by atoms with van der Waals surface area (Å²) in [6, 6.07) is 9.89. The van der Waals surface area contributed by atoms with E-state index in [0.29, 0.717) is 0 Å². The first-order valence-electron chi connectivity index (χ1n) is 6.48. The van der Waals surface area contributed by atoms with E-state index in [1.54, 1.807) is 11.3 Å². The summed E-state index contributed by atoms with van der Waals surface area (Å²) in [4.78, 5) is 12.7. The SMILES string of the molecule is COCC(=O)Nc1ccc(NC(C)c2sccc2Br)cc1. The molecule has 1 aromatic carbocycles. The third-order valence-electron chi connectivity index (χ3n) is 2.87. The number of hydrogen-bond acceptors (Lipinski definition) is 4. The van der Waals surface area contributed by atoms with E-state index in [-0.39, 0.29) is 18.6 Å². The lowest BCUT2D eigenvalue weighted by Gasteiger charge is -2.15. The van der Waals surface area contributed by atoms with Crippen molar-refractivity contribution in [3.63, 3.8) is 0 Å². The van der Waals surface area contributed by atoms with E-state index in [1.807, 2.05) is 30.3 Å². The summed E-state index contributed by atoms with van der Waals surface area (Å²) < 4.78 is 5.90. The minimum atomic E-state index is -0.158. The van der Waals surface area contributed by atoms with Gasteiger partial charge in [-0.25, -0.2) is 0 Å². The Labute approximate surface area is 136 Å². The molecular weight excluding hydrogens is 352 g/mol. The zero-order chi connectivity index (χ0) is 15.2. The molecular formula is C15H17BrN2O2S. The smallest absolute Gasteiger partial charge is 0.250 e. The van der Waals surface area contributed by atoms with Crippen molar-refractivity contribution < 1.29 is 9.53 Å². The molecule has 0 fully saturated rings. The molecule has 112 valence electrons. The van der Waals surface area contributed by atoms with Gasteiger partial charge in [-0.3, -0.25) is 4.79 Å². The van der Waals surface area contributed by atoms with Gasteiger partial charge in [-0.1, -0.05) is 0 Å². The maximum atomic E-state index is 11.4. The van der Waals surface area contributed by atoms with Crippen molar-refractivity contribution in [3.8, 4) is 0 Å². The van der Waals surface area contributed by atoms with E-state index >= 15 is 0 Å². The summed E-state index contributed by atoms with van der Waals surface area (Å²) >= 11 is 5.26. The van der Waals surface area contributed by atoms with Crippen LogP contribution in [0.2, 0.25) is 0 Å². The molecule has 0 aliphatic rings. The minimum absolute atomic E-state index is 0.0590. The minimum Gasteiger partial charge on any atom is -0.378 e. The van der Waals surface area contributed by atoms with Crippen molar-refractivity contribution in [2.24, 2.45) is 0 Å². The van der Waals surface area contributed by atoms with Crippen LogP contribution in [0.1, 0.15) is 17.8 Å². The number of nitrogens with one attached hydrogen (secondary N) is 2. The van der Waals surface area contributed by atoms with Crippen LogP contribution >= 0.6 is 27.3 Å². The Hall–Kier alpha value is -1.37. The molecule has 0 spiro atoms. The molecule has 0 saturated heterocycles. The molecule has 1 unspecified atom stereocenters. The van der Waals surface area contributed by atoms with Crippen molar-refractivity contribution in [1.82, 2.24) is 0 Å². The zero-order valence-electron chi connectivity index (χ0n) is 11.9. The molecule has 0 saturated carbocycles. The number of thiophene rings is 1. The highest BCUT2D eigenvalue weighted by molar-refractivity contribution is 9.10. The quantitative estimate of drug-likeness (QED) is 0.800. The Morgan fingerprint density at radius 1 is 1.29 bits per heavy atom. The number of amides is 1. The number of methoxy groups -OCH3 is 1. The summed E-state index contributed by atoms with van der Waals surface area (Å²) in [6.07, 6.45) is 0. The van der Waals surface area contributed by atoms with E-state index in [4.69, 9.17) is 4.74 Å². The van der Waals surface area contributed by atoms with Gasteiger partial charge in [-0.2, -0.15) is 0 Å². The van der Waals surface area contributed by atoms with Gasteiger partial charge in [0.05, 0.1) is 6.04 Å². The molecule has 2 aromatic rings. The normalized spacial score (nSPS) is 12.0. The number of carbonyl (C=O) groups excluding carboxylic acids is 1. The lowest BCUT2D eigenvalue weighted by molar-refractivity contribution is -0.119. The van der Waals surface area contributed by atoms with Gasteiger partial charge in [0, 0.05) is 27.8 Å². The van der Waals surface area contributed by atoms with Gasteiger partial charge in [0.1, 0.15) is 6.61 Å². The third kappa shape index (κ3) is 4.56. The van der Waals surface area contributed by atoms with Crippen molar-refractivity contribution in [2.75, 3.05) is 24.4 Å². The largest absolute Gasteiger partial charge is 0.378 e. The highest BCUT2D eigenvalue weighted by Gasteiger charge is 2.10. The van der Waals surface area contributed by atoms with E-state index < -0.39 is 0 Å². The van der Waals surface area contributed by atoms with E-state index in [0.717, 1.165) is 15.8 Å². The summed E-state index contributed by atoms with van der Waals surface area (Å²) in [6.45, 7) is 2.17. The number of anilines is 2. The van der Waals surface area contributed by atoms with Gasteiger partial charge in [-0.05, 0) is 58.6 Å². The predicted molar refractivity (Wildman–Crippen MR) is 91.0 cm³/mol. The Kier molecular flexibility index (Phi) is 5.78. The van der Waals surface area contributed by atoms with Crippen molar-refractivity contribution >= 4 is 44.5 Å². The highest BCUT2D eigenvalue weighted by Crippen LogP contribution is 2.31. The predicted octanol–water partition coefficient (Wildman–Crippen LogP) is 4.27. The van der Waals surface area contributed by atoms with E-state index in [2.05, 4.69) is 38.9 Å². The molecule has 0 aliphatic carbocycles. The molecule has 0 bridgehead atoms. The summed E-state index contributed by atoms with van der Waals surface area (Å²) in [5.74, 6) is -0.158. The van der Waals surface area contributed by atoms with Crippen molar-refractivity contribution in [1.29, 1.82) is 0 Å². The average molecular weight is 369 g/mol. The van der Waals surface area contributed by atoms with E-state index in [9.17, 15) is 4.79 Å². The van der Waals surface area contributed by atoms with Crippen LogP contribution in [0.25, 0.3) is 0 Å². The Morgan fingerprint density at radius 2 is 1.95 bits per heavy atom. The lowest BCUT2D eigenvalue weighted by atomic mass is 10.2. The van der Waals surface area contributed by atoms with Gasteiger partial charge in [0.15, 0.2) is 0 Å². The Bertz CT molecular complexity index is 598. The van der Waals surface area contributed by atoms with E-state index in [1.165, 1.54) is 12.0 Å². The molecule has 0 aliphatic heterocycles. The van der Waals surface area contributed by atoms with Crippen LogP contribution < -0.4 is 10.6 Å². The highest BCUT2D eigenvalue weighted by atomic mass is 79.9. The first-order chi connectivity index (χ1) is 10.1. The van der Waals surface area contributed by atoms with Crippen LogP contribution in [0, 0.1) is 0 Å². The van der Waals surface area contributed by atoms with Crippen molar-refractivity contribution in [3.05, 3.63) is 45.1 Å². The molecule has 1 heterocycles. The summed E-state index contributed by atoms with van der Waals surface area (Å²) in [5, 5.41) is 8.26. The average Bonchev–Trinajstić information content (AvgIpc) is 2.87. The van der Waals surface area contributed by atoms with Crippen molar-refractivity contribution in [2.45, 2.75) is 13.0 Å². The molecule has 1 aromatic heterocycles. The van der Waals surface area contributed by atoms with Crippen LogP contribution in [0.3, 0.4) is 0 Å².